The van der Waals surface area contributed by atoms with Crippen molar-refractivity contribution in [1.82, 2.24) is 30.2 Å². The van der Waals surface area contributed by atoms with Crippen LogP contribution in [0.4, 0.5) is 4.79 Å². The number of aromatic nitrogens is 3. The molecule has 24 heavy (non-hydrogen) atoms. The highest BCUT2D eigenvalue weighted by Crippen LogP contribution is 2.17. The number of hydrogen-bond acceptors (Lipinski definition) is 6. The maximum absolute atomic E-state index is 12.4. The summed E-state index contributed by atoms with van der Waals surface area (Å²) in [6.07, 6.45) is 4.33. The molecule has 2 amide bonds. The first kappa shape index (κ1) is 16.4. The first-order valence-corrected chi connectivity index (χ1v) is 8.11. The molecule has 1 atom stereocenters. The Labute approximate surface area is 140 Å². The summed E-state index contributed by atoms with van der Waals surface area (Å²) in [6, 6.07) is 3.22. The molecule has 1 N–H and O–H groups in total. The Bertz CT molecular complexity index is 674. The number of urea groups is 1. The highest BCUT2D eigenvalue weighted by atomic mass is 16.5. The van der Waals surface area contributed by atoms with Crippen LogP contribution >= 0.6 is 0 Å². The Morgan fingerprint density at radius 1 is 1.33 bits per heavy atom. The highest BCUT2D eigenvalue weighted by Gasteiger charge is 2.22. The maximum Gasteiger partial charge on any atom is 0.318 e. The van der Waals surface area contributed by atoms with Gasteiger partial charge in [0.15, 0.2) is 0 Å². The molecule has 8 nitrogen and oxygen atoms in total. The van der Waals surface area contributed by atoms with Crippen LogP contribution in [0.25, 0.3) is 11.4 Å². The molecule has 128 valence electrons. The van der Waals surface area contributed by atoms with Crippen molar-refractivity contribution in [3.8, 4) is 11.4 Å². The molecule has 1 aliphatic rings. The minimum Gasteiger partial charge on any atom is -0.337 e. The van der Waals surface area contributed by atoms with E-state index in [-0.39, 0.29) is 12.1 Å². The summed E-state index contributed by atoms with van der Waals surface area (Å²) in [4.78, 5) is 24.9. The SMILES string of the molecule is C[C@H](NC(=O)N1CCCN(C)CC1)c1nc(-c2cccnc2)no1. The van der Waals surface area contributed by atoms with Crippen LogP contribution in [0.1, 0.15) is 25.3 Å². The number of amides is 2. The summed E-state index contributed by atoms with van der Waals surface area (Å²) in [5, 5.41) is 6.88. The van der Waals surface area contributed by atoms with Crippen molar-refractivity contribution < 1.29 is 9.32 Å². The van der Waals surface area contributed by atoms with Gasteiger partial charge in [0.2, 0.25) is 11.7 Å². The zero-order valence-electron chi connectivity index (χ0n) is 14.0. The van der Waals surface area contributed by atoms with E-state index in [0.717, 1.165) is 38.2 Å². The molecule has 1 aliphatic heterocycles. The Hall–Kier alpha value is -2.48. The second-order valence-electron chi connectivity index (χ2n) is 6.01. The highest BCUT2D eigenvalue weighted by molar-refractivity contribution is 5.74. The van der Waals surface area contributed by atoms with Gasteiger partial charge in [0, 0.05) is 37.6 Å². The largest absolute Gasteiger partial charge is 0.337 e. The molecule has 3 rings (SSSR count). The summed E-state index contributed by atoms with van der Waals surface area (Å²) >= 11 is 0. The molecule has 0 unspecified atom stereocenters. The van der Waals surface area contributed by atoms with Gasteiger partial charge in [-0.1, -0.05) is 5.16 Å². The first-order chi connectivity index (χ1) is 11.6. The predicted molar refractivity (Wildman–Crippen MR) is 88.2 cm³/mol. The van der Waals surface area contributed by atoms with E-state index >= 15 is 0 Å². The van der Waals surface area contributed by atoms with E-state index in [4.69, 9.17) is 4.52 Å². The molecule has 2 aromatic rings. The van der Waals surface area contributed by atoms with Crippen LogP contribution in [0.5, 0.6) is 0 Å². The average molecular weight is 330 g/mol. The fraction of sp³-hybridized carbons (Fsp3) is 0.500. The molecule has 2 aromatic heterocycles. The third-order valence-electron chi connectivity index (χ3n) is 4.08. The molecular weight excluding hydrogens is 308 g/mol. The molecule has 1 saturated heterocycles. The Morgan fingerprint density at radius 2 is 2.21 bits per heavy atom. The van der Waals surface area contributed by atoms with E-state index in [1.807, 2.05) is 24.0 Å². The summed E-state index contributed by atoms with van der Waals surface area (Å²) in [5.74, 6) is 0.852. The van der Waals surface area contributed by atoms with Gasteiger partial charge < -0.3 is 19.6 Å². The van der Waals surface area contributed by atoms with E-state index in [1.165, 1.54) is 0 Å². The van der Waals surface area contributed by atoms with Crippen molar-refractivity contribution in [2.45, 2.75) is 19.4 Å². The zero-order valence-corrected chi connectivity index (χ0v) is 14.0. The Morgan fingerprint density at radius 3 is 3.00 bits per heavy atom. The standard InChI is InChI=1S/C16H22N6O2/c1-12(18-16(23)22-8-4-7-21(2)9-10-22)15-19-14(20-24-15)13-5-3-6-17-11-13/h3,5-6,11-12H,4,7-10H2,1-2H3,(H,18,23)/t12-/m0/s1. The second-order valence-corrected chi connectivity index (χ2v) is 6.01. The Kier molecular flexibility index (Phi) is 5.05. The summed E-state index contributed by atoms with van der Waals surface area (Å²) in [5.41, 5.74) is 0.779. The molecule has 0 aromatic carbocycles. The van der Waals surface area contributed by atoms with Crippen molar-refractivity contribution in [3.05, 3.63) is 30.4 Å². The zero-order chi connectivity index (χ0) is 16.9. The van der Waals surface area contributed by atoms with Crippen LogP contribution in [-0.2, 0) is 0 Å². The van der Waals surface area contributed by atoms with Gasteiger partial charge in [0.05, 0.1) is 0 Å². The van der Waals surface area contributed by atoms with Crippen LogP contribution in [0.3, 0.4) is 0 Å². The quantitative estimate of drug-likeness (QED) is 0.918. The third kappa shape index (κ3) is 3.88. The first-order valence-electron chi connectivity index (χ1n) is 8.11. The number of nitrogens with one attached hydrogen (secondary N) is 1. The molecule has 0 aliphatic carbocycles. The lowest BCUT2D eigenvalue weighted by Gasteiger charge is -2.22. The van der Waals surface area contributed by atoms with E-state index in [0.29, 0.717) is 11.7 Å². The molecule has 1 fully saturated rings. The van der Waals surface area contributed by atoms with Gasteiger partial charge in [-0.05, 0) is 39.1 Å². The second kappa shape index (κ2) is 7.39. The minimum absolute atomic E-state index is 0.0982. The molecule has 8 heteroatoms. The normalized spacial score (nSPS) is 17.3. The molecule has 0 bridgehead atoms. The lowest BCUT2D eigenvalue weighted by molar-refractivity contribution is 0.193. The number of rotatable bonds is 3. The van der Waals surface area contributed by atoms with Crippen LogP contribution < -0.4 is 5.32 Å². The van der Waals surface area contributed by atoms with Crippen molar-refractivity contribution >= 4 is 6.03 Å². The number of pyridine rings is 1. The average Bonchev–Trinajstić information content (AvgIpc) is 2.99. The number of nitrogens with zero attached hydrogens (tertiary/aromatic N) is 5. The smallest absolute Gasteiger partial charge is 0.318 e. The third-order valence-corrected chi connectivity index (χ3v) is 4.08. The fourth-order valence-electron chi connectivity index (χ4n) is 2.61. The molecular formula is C16H22N6O2. The fourth-order valence-corrected chi connectivity index (χ4v) is 2.61. The lowest BCUT2D eigenvalue weighted by Crippen LogP contribution is -2.42. The Balaban J connectivity index is 1.61. The number of hydrogen-bond donors (Lipinski definition) is 1. The van der Waals surface area contributed by atoms with Crippen LogP contribution in [-0.4, -0.2) is 64.2 Å². The monoisotopic (exact) mass is 330 g/mol. The van der Waals surface area contributed by atoms with E-state index in [2.05, 4.69) is 32.4 Å². The molecule has 0 radical (unpaired) electrons. The van der Waals surface area contributed by atoms with Gasteiger partial charge in [0.25, 0.3) is 0 Å². The summed E-state index contributed by atoms with van der Waals surface area (Å²) < 4.78 is 5.28. The topological polar surface area (TPSA) is 87.4 Å². The van der Waals surface area contributed by atoms with E-state index in [9.17, 15) is 4.79 Å². The summed E-state index contributed by atoms with van der Waals surface area (Å²) in [6.45, 7) is 5.21. The molecule has 3 heterocycles. The van der Waals surface area contributed by atoms with Crippen LogP contribution in [0.2, 0.25) is 0 Å². The number of carbonyl (C=O) groups excluding carboxylic acids is 1. The van der Waals surface area contributed by atoms with Crippen molar-refractivity contribution in [2.75, 3.05) is 33.2 Å². The van der Waals surface area contributed by atoms with Crippen LogP contribution in [0, 0.1) is 0 Å². The molecule has 0 saturated carbocycles. The van der Waals surface area contributed by atoms with Gasteiger partial charge in [-0.2, -0.15) is 4.98 Å². The summed E-state index contributed by atoms with van der Waals surface area (Å²) in [7, 11) is 2.07. The van der Waals surface area contributed by atoms with E-state index < -0.39 is 0 Å². The lowest BCUT2D eigenvalue weighted by atomic mass is 10.3. The van der Waals surface area contributed by atoms with Crippen LogP contribution in [0.15, 0.2) is 29.0 Å². The van der Waals surface area contributed by atoms with E-state index in [1.54, 1.807) is 12.4 Å². The van der Waals surface area contributed by atoms with Gasteiger partial charge in [0.1, 0.15) is 6.04 Å². The van der Waals surface area contributed by atoms with Crippen molar-refractivity contribution in [2.24, 2.45) is 0 Å². The number of likely N-dealkylation sites (N-methyl/N-ethyl adjacent to an activating group) is 1. The predicted octanol–water partition coefficient (Wildman–Crippen LogP) is 1.54. The van der Waals surface area contributed by atoms with Crippen molar-refractivity contribution in [1.29, 1.82) is 0 Å². The van der Waals surface area contributed by atoms with Gasteiger partial charge in [-0.3, -0.25) is 4.98 Å². The maximum atomic E-state index is 12.4. The van der Waals surface area contributed by atoms with Gasteiger partial charge >= 0.3 is 6.03 Å². The molecule has 0 spiro atoms. The van der Waals surface area contributed by atoms with Crippen molar-refractivity contribution in [3.63, 3.8) is 0 Å². The van der Waals surface area contributed by atoms with Gasteiger partial charge in [-0.25, -0.2) is 4.79 Å². The van der Waals surface area contributed by atoms with Gasteiger partial charge in [-0.15, -0.1) is 0 Å². The minimum atomic E-state index is -0.351. The number of carbonyl (C=O) groups is 1.